The van der Waals surface area contributed by atoms with Gasteiger partial charge in [0.2, 0.25) is 5.91 Å². The topological polar surface area (TPSA) is 38.3 Å². The van der Waals surface area contributed by atoms with Gasteiger partial charge in [-0.1, -0.05) is 0 Å². The van der Waals surface area contributed by atoms with Crippen molar-refractivity contribution in [2.24, 2.45) is 0 Å². The lowest BCUT2D eigenvalue weighted by molar-refractivity contribution is -0.114. The first-order valence-electron chi connectivity index (χ1n) is 3.38. The van der Waals surface area contributed by atoms with E-state index in [2.05, 4.69) is 9.61 Å². The number of anilines is 1. The smallest absolute Gasteiger partial charge is 0.221 e. The zero-order chi connectivity index (χ0) is 8.97. The molecule has 0 atom stereocenters. The van der Waals surface area contributed by atoms with Crippen molar-refractivity contribution < 1.29 is 9.08 Å². The highest BCUT2D eigenvalue weighted by Crippen LogP contribution is 2.16. The number of nitrogens with one attached hydrogen (secondary N) is 1. The van der Waals surface area contributed by atoms with Crippen LogP contribution >= 0.6 is 11.9 Å². The lowest BCUT2D eigenvalue weighted by Gasteiger charge is -2.01. The Morgan fingerprint density at radius 2 is 2.00 bits per heavy atom. The van der Waals surface area contributed by atoms with E-state index in [1.54, 1.807) is 24.3 Å². The van der Waals surface area contributed by atoms with Crippen LogP contribution in [0, 0.1) is 0 Å². The van der Waals surface area contributed by atoms with E-state index in [4.69, 9.17) is 11.9 Å². The van der Waals surface area contributed by atoms with Gasteiger partial charge in [-0.2, -0.15) is 0 Å². The van der Waals surface area contributed by atoms with E-state index >= 15 is 0 Å². The van der Waals surface area contributed by atoms with Gasteiger partial charge in [-0.25, -0.2) is 0 Å². The van der Waals surface area contributed by atoms with Crippen LogP contribution in [0.1, 0.15) is 6.92 Å². The summed E-state index contributed by atoms with van der Waals surface area (Å²) in [6.45, 7) is 1.45. The number of amides is 1. The first kappa shape index (κ1) is 8.87. The summed E-state index contributed by atoms with van der Waals surface area (Å²) in [4.78, 5) is 10.6. The molecule has 1 amide bonds. The van der Waals surface area contributed by atoms with Crippen LogP contribution in [0.4, 0.5) is 5.69 Å². The zero-order valence-corrected chi connectivity index (χ0v) is 7.26. The summed E-state index contributed by atoms with van der Waals surface area (Å²) in [6, 6.07) is 6.74. The van der Waals surface area contributed by atoms with Crippen LogP contribution in [0.15, 0.2) is 24.3 Å². The Labute approximate surface area is 75.5 Å². The first-order valence-corrected chi connectivity index (χ1v) is 3.69. The molecule has 0 unspecified atom stereocenters. The third-order valence-corrected chi connectivity index (χ3v) is 1.44. The molecule has 0 aromatic heterocycles. The standard InChI is InChI=1S/C8H8ClNO2/c1-6(11)10-7-2-4-8(12-9)5-3-7/h2-5H,1H3,(H,10,11). The Balaban J connectivity index is 2.71. The SMILES string of the molecule is CC(=O)Nc1ccc(OCl)cc1. The second-order valence-corrected chi connectivity index (χ2v) is 2.44. The third-order valence-electron chi connectivity index (χ3n) is 1.26. The number of hydrogen-bond donors (Lipinski definition) is 1. The van der Waals surface area contributed by atoms with Crippen LogP contribution in [0.5, 0.6) is 5.75 Å². The average molecular weight is 186 g/mol. The van der Waals surface area contributed by atoms with Gasteiger partial charge in [-0.3, -0.25) is 4.79 Å². The normalized spacial score (nSPS) is 9.17. The number of carbonyl (C=O) groups is 1. The quantitative estimate of drug-likeness (QED) is 0.767. The van der Waals surface area contributed by atoms with Gasteiger partial charge in [0, 0.05) is 12.6 Å². The van der Waals surface area contributed by atoms with Crippen LogP contribution in [0.25, 0.3) is 0 Å². The van der Waals surface area contributed by atoms with Gasteiger partial charge in [0.25, 0.3) is 0 Å². The Morgan fingerprint density at radius 3 is 2.42 bits per heavy atom. The van der Waals surface area contributed by atoms with Crippen molar-refractivity contribution >= 4 is 23.5 Å². The Bertz CT molecular complexity index is 271. The fraction of sp³-hybridized carbons (Fsp3) is 0.125. The molecule has 1 rings (SSSR count). The van der Waals surface area contributed by atoms with Gasteiger partial charge >= 0.3 is 0 Å². The molecule has 1 aromatic carbocycles. The van der Waals surface area contributed by atoms with Gasteiger partial charge in [0.15, 0.2) is 0 Å². The Hall–Kier alpha value is -1.22. The minimum absolute atomic E-state index is 0.102. The largest absolute Gasteiger partial charge is 0.386 e. The molecule has 0 aliphatic rings. The summed E-state index contributed by atoms with van der Waals surface area (Å²) in [5.41, 5.74) is 0.722. The predicted molar refractivity (Wildman–Crippen MR) is 47.2 cm³/mol. The monoisotopic (exact) mass is 185 g/mol. The summed E-state index contributed by atoms with van der Waals surface area (Å²) in [5, 5.41) is 2.62. The van der Waals surface area contributed by atoms with E-state index in [9.17, 15) is 4.79 Å². The molecule has 0 spiro atoms. The average Bonchev–Trinajstić information content (AvgIpc) is 2.05. The molecule has 0 saturated heterocycles. The fourth-order valence-corrected chi connectivity index (χ4v) is 0.896. The third kappa shape index (κ3) is 2.43. The van der Waals surface area contributed by atoms with E-state index < -0.39 is 0 Å². The molecule has 64 valence electrons. The molecule has 0 fully saturated rings. The molecule has 0 radical (unpaired) electrons. The lowest BCUT2D eigenvalue weighted by Crippen LogP contribution is -2.05. The molecule has 1 N–H and O–H groups in total. The van der Waals surface area contributed by atoms with Crippen LogP contribution in [-0.2, 0) is 4.79 Å². The number of benzene rings is 1. The summed E-state index contributed by atoms with van der Waals surface area (Å²) < 4.78 is 4.43. The lowest BCUT2D eigenvalue weighted by atomic mass is 10.3. The number of rotatable bonds is 2. The molecule has 1 aromatic rings. The van der Waals surface area contributed by atoms with Crippen LogP contribution in [0.3, 0.4) is 0 Å². The van der Waals surface area contributed by atoms with Crippen molar-refractivity contribution in [3.63, 3.8) is 0 Å². The summed E-state index contributed by atoms with van der Waals surface area (Å²) in [6.07, 6.45) is 0. The maximum Gasteiger partial charge on any atom is 0.221 e. The van der Waals surface area contributed by atoms with Crippen molar-refractivity contribution in [1.29, 1.82) is 0 Å². The molecular weight excluding hydrogens is 178 g/mol. The predicted octanol–water partition coefficient (Wildman–Crippen LogP) is 2.18. The number of hydrogen-bond acceptors (Lipinski definition) is 2. The maximum atomic E-state index is 10.6. The van der Waals surface area contributed by atoms with E-state index in [-0.39, 0.29) is 5.91 Å². The van der Waals surface area contributed by atoms with Gasteiger partial charge in [0.1, 0.15) is 17.6 Å². The second-order valence-electron chi connectivity index (χ2n) is 2.28. The molecule has 0 aliphatic heterocycles. The molecule has 0 bridgehead atoms. The van der Waals surface area contributed by atoms with Gasteiger partial charge in [-0.15, -0.1) is 0 Å². The Morgan fingerprint density at radius 1 is 1.42 bits per heavy atom. The van der Waals surface area contributed by atoms with Crippen molar-refractivity contribution in [2.75, 3.05) is 5.32 Å². The van der Waals surface area contributed by atoms with Crippen molar-refractivity contribution in [3.8, 4) is 5.75 Å². The molecule has 0 saturated carbocycles. The zero-order valence-electron chi connectivity index (χ0n) is 6.50. The van der Waals surface area contributed by atoms with Gasteiger partial charge in [-0.05, 0) is 24.3 Å². The maximum absolute atomic E-state index is 10.6. The summed E-state index contributed by atoms with van der Waals surface area (Å²) in [5.74, 6) is 0.445. The van der Waals surface area contributed by atoms with Gasteiger partial charge in [0.05, 0.1) is 0 Å². The number of halogens is 1. The molecule has 0 aliphatic carbocycles. The van der Waals surface area contributed by atoms with E-state index in [1.165, 1.54) is 6.92 Å². The second kappa shape index (κ2) is 3.97. The van der Waals surface area contributed by atoms with Crippen LogP contribution in [0.2, 0.25) is 0 Å². The van der Waals surface area contributed by atoms with Crippen molar-refractivity contribution in [1.82, 2.24) is 0 Å². The summed E-state index contributed by atoms with van der Waals surface area (Å²) in [7, 11) is 0. The highest BCUT2D eigenvalue weighted by Gasteiger charge is 1.95. The van der Waals surface area contributed by atoms with Crippen LogP contribution in [-0.4, -0.2) is 5.91 Å². The molecule has 4 heteroatoms. The molecule has 12 heavy (non-hydrogen) atoms. The highest BCUT2D eigenvalue weighted by atomic mass is 35.5. The summed E-state index contributed by atoms with van der Waals surface area (Å²) >= 11 is 5.10. The molecule has 0 heterocycles. The fourth-order valence-electron chi connectivity index (χ4n) is 0.793. The van der Waals surface area contributed by atoms with E-state index in [0.29, 0.717) is 5.75 Å². The minimum Gasteiger partial charge on any atom is -0.386 e. The molecular formula is C8H8ClNO2. The van der Waals surface area contributed by atoms with E-state index in [1.807, 2.05) is 0 Å². The van der Waals surface area contributed by atoms with E-state index in [0.717, 1.165) is 5.69 Å². The number of carbonyl (C=O) groups excluding carboxylic acids is 1. The van der Waals surface area contributed by atoms with Crippen LogP contribution < -0.4 is 9.61 Å². The van der Waals surface area contributed by atoms with Crippen molar-refractivity contribution in [2.45, 2.75) is 6.92 Å². The minimum atomic E-state index is -0.102. The highest BCUT2D eigenvalue weighted by molar-refractivity contribution is 6.09. The first-order chi connectivity index (χ1) is 5.72. The molecule has 3 nitrogen and oxygen atoms in total. The van der Waals surface area contributed by atoms with Gasteiger partial charge < -0.3 is 9.61 Å². The Kier molecular flexibility index (Phi) is 2.94. The van der Waals surface area contributed by atoms with Crippen molar-refractivity contribution in [3.05, 3.63) is 24.3 Å².